The summed E-state index contributed by atoms with van der Waals surface area (Å²) in [4.78, 5) is 36.6. The summed E-state index contributed by atoms with van der Waals surface area (Å²) < 4.78 is 49.9. The Morgan fingerprint density at radius 3 is 2.60 bits per heavy atom. The van der Waals surface area contributed by atoms with E-state index < -0.39 is 29.3 Å². The first-order valence-electron chi connectivity index (χ1n) is 14.3. The summed E-state index contributed by atoms with van der Waals surface area (Å²) in [5.41, 5.74) is -0.0873. The topological polar surface area (TPSA) is 114 Å². The summed E-state index contributed by atoms with van der Waals surface area (Å²) in [6.45, 7) is 3.98. The van der Waals surface area contributed by atoms with Gasteiger partial charge >= 0.3 is 0 Å². The number of benzene rings is 2. The first-order valence-corrected chi connectivity index (χ1v) is 14.3. The minimum atomic E-state index is -1.03. The van der Waals surface area contributed by atoms with Crippen molar-refractivity contribution in [3.63, 3.8) is 0 Å². The number of carbonyl (C=O) groups is 1. The largest absolute Gasteiger partial charge is 0.453 e. The highest BCUT2D eigenvalue weighted by atomic mass is 19.1. The number of nitrogens with one attached hydrogen (secondary N) is 2. The van der Waals surface area contributed by atoms with Gasteiger partial charge in [-0.1, -0.05) is 6.92 Å². The monoisotopic (exact) mass is 615 g/mol. The van der Waals surface area contributed by atoms with Crippen LogP contribution in [-0.2, 0) is 0 Å². The van der Waals surface area contributed by atoms with Crippen LogP contribution in [0.15, 0.2) is 84.0 Å². The first-order chi connectivity index (χ1) is 21.8. The molecule has 0 saturated carbocycles. The standard InChI is InChI=1S/C32H28F3N7O3/c1-2-41-14-11-26(25(35)18-41)40-30-16-27-23(17-37-30)28(10-12-36-27)45-29-8-5-20(15-24(29)34)39-31(43)22-9-13-38-42(32(22)44)21-6-3-19(33)4-7-21/h3-10,12-13,15-17,25-26H,2,11,14,18H2,1H3,(H,37,40)(H,39,43). The van der Waals surface area contributed by atoms with Crippen molar-refractivity contribution in [1.82, 2.24) is 24.6 Å². The number of halogens is 3. The molecule has 45 heavy (non-hydrogen) atoms. The van der Waals surface area contributed by atoms with Crippen LogP contribution >= 0.6 is 0 Å². The van der Waals surface area contributed by atoms with Crippen LogP contribution in [0.3, 0.4) is 0 Å². The third-order valence-corrected chi connectivity index (χ3v) is 7.56. The van der Waals surface area contributed by atoms with Gasteiger partial charge < -0.3 is 20.3 Å². The van der Waals surface area contributed by atoms with Crippen molar-refractivity contribution < 1.29 is 22.7 Å². The second-order valence-electron chi connectivity index (χ2n) is 10.5. The SMILES string of the molecule is CCN1CCC(Nc2cc3nccc(Oc4ccc(NC(=O)c5ccnn(-c6ccc(F)cc6)c5=O)cc4F)c3cn2)C(F)C1. The van der Waals surface area contributed by atoms with E-state index in [2.05, 4.69) is 30.6 Å². The molecule has 0 spiro atoms. The maximum Gasteiger partial charge on any atom is 0.284 e. The molecule has 2 unspecified atom stereocenters. The Morgan fingerprint density at radius 2 is 1.84 bits per heavy atom. The molecule has 1 saturated heterocycles. The van der Waals surface area contributed by atoms with Crippen molar-refractivity contribution in [1.29, 1.82) is 0 Å². The summed E-state index contributed by atoms with van der Waals surface area (Å²) in [5, 5.41) is 10.1. The van der Waals surface area contributed by atoms with Crippen LogP contribution in [-0.4, -0.2) is 62.4 Å². The number of rotatable bonds is 8. The Morgan fingerprint density at radius 1 is 1.02 bits per heavy atom. The molecule has 4 heterocycles. The molecule has 230 valence electrons. The lowest BCUT2D eigenvalue weighted by Crippen LogP contribution is -2.47. The fraction of sp³-hybridized carbons (Fsp3) is 0.219. The number of anilines is 2. The van der Waals surface area contributed by atoms with Gasteiger partial charge in [-0.2, -0.15) is 9.78 Å². The van der Waals surface area contributed by atoms with Crippen LogP contribution in [0.1, 0.15) is 23.7 Å². The molecule has 0 bridgehead atoms. The molecule has 1 amide bonds. The predicted molar refractivity (Wildman–Crippen MR) is 163 cm³/mol. The van der Waals surface area contributed by atoms with E-state index in [0.717, 1.165) is 23.8 Å². The van der Waals surface area contributed by atoms with Gasteiger partial charge in [-0.25, -0.2) is 18.2 Å². The summed E-state index contributed by atoms with van der Waals surface area (Å²) in [6.07, 6.45) is 3.93. The number of alkyl halides is 1. The number of aromatic nitrogens is 4. The molecule has 2 aromatic carbocycles. The number of piperidine rings is 1. The number of amides is 1. The summed E-state index contributed by atoms with van der Waals surface area (Å²) >= 11 is 0. The number of carbonyl (C=O) groups excluding carboxylic acids is 1. The summed E-state index contributed by atoms with van der Waals surface area (Å²) in [6, 6.07) is 13.0. The van der Waals surface area contributed by atoms with Gasteiger partial charge in [0.05, 0.1) is 22.6 Å². The minimum absolute atomic E-state index is 0.0855. The highest BCUT2D eigenvalue weighted by molar-refractivity contribution is 6.04. The number of hydrogen-bond donors (Lipinski definition) is 2. The molecule has 0 radical (unpaired) electrons. The van der Waals surface area contributed by atoms with Crippen LogP contribution in [0, 0.1) is 11.6 Å². The Balaban J connectivity index is 1.15. The Hall–Kier alpha value is -5.30. The quantitative estimate of drug-likeness (QED) is 0.241. The van der Waals surface area contributed by atoms with Crippen LogP contribution < -0.4 is 20.9 Å². The molecule has 3 aromatic heterocycles. The second kappa shape index (κ2) is 12.7. The van der Waals surface area contributed by atoms with E-state index in [1.807, 2.05) is 6.92 Å². The van der Waals surface area contributed by atoms with Crippen LogP contribution in [0.5, 0.6) is 11.5 Å². The van der Waals surface area contributed by atoms with Crippen molar-refractivity contribution in [2.24, 2.45) is 0 Å². The van der Waals surface area contributed by atoms with Crippen molar-refractivity contribution in [3.05, 3.63) is 107 Å². The van der Waals surface area contributed by atoms with Crippen LogP contribution in [0.25, 0.3) is 16.6 Å². The Labute approximate surface area is 255 Å². The average Bonchev–Trinajstić information content (AvgIpc) is 3.04. The number of likely N-dealkylation sites (tertiary alicyclic amines) is 1. The lowest BCUT2D eigenvalue weighted by atomic mass is 10.0. The van der Waals surface area contributed by atoms with Gasteiger partial charge in [0.15, 0.2) is 11.6 Å². The van der Waals surface area contributed by atoms with E-state index in [9.17, 15) is 18.4 Å². The second-order valence-corrected chi connectivity index (χ2v) is 10.5. The highest BCUT2D eigenvalue weighted by Gasteiger charge is 2.28. The zero-order chi connectivity index (χ0) is 31.5. The van der Waals surface area contributed by atoms with Crippen molar-refractivity contribution in [2.75, 3.05) is 30.3 Å². The number of hydrogen-bond acceptors (Lipinski definition) is 8. The van der Waals surface area contributed by atoms with E-state index in [1.54, 1.807) is 12.1 Å². The molecule has 1 fully saturated rings. The van der Waals surface area contributed by atoms with Gasteiger partial charge in [-0.3, -0.25) is 14.6 Å². The molecule has 13 heteroatoms. The fourth-order valence-corrected chi connectivity index (χ4v) is 5.12. The minimum Gasteiger partial charge on any atom is -0.453 e. The molecule has 10 nitrogen and oxygen atoms in total. The van der Waals surface area contributed by atoms with E-state index in [1.165, 1.54) is 61.1 Å². The maximum absolute atomic E-state index is 15.1. The summed E-state index contributed by atoms with van der Waals surface area (Å²) in [7, 11) is 0. The normalized spacial score (nSPS) is 16.8. The molecule has 5 aromatic rings. The first kappa shape index (κ1) is 29.8. The average molecular weight is 616 g/mol. The van der Waals surface area contributed by atoms with Crippen LogP contribution in [0.2, 0.25) is 0 Å². The molecule has 2 atom stereocenters. The van der Waals surface area contributed by atoms with Crippen molar-refractivity contribution in [2.45, 2.75) is 25.6 Å². The third kappa shape index (κ3) is 6.48. The van der Waals surface area contributed by atoms with Gasteiger partial charge in [-0.15, -0.1) is 0 Å². The number of ether oxygens (including phenoxy) is 1. The van der Waals surface area contributed by atoms with E-state index in [0.29, 0.717) is 35.4 Å². The number of nitrogens with zero attached hydrogens (tertiary/aromatic N) is 5. The smallest absolute Gasteiger partial charge is 0.284 e. The van der Waals surface area contributed by atoms with Gasteiger partial charge in [-0.05, 0) is 61.5 Å². The van der Waals surface area contributed by atoms with Gasteiger partial charge in [0.25, 0.3) is 11.5 Å². The van der Waals surface area contributed by atoms with Gasteiger partial charge in [0.1, 0.15) is 29.1 Å². The molecule has 1 aliphatic rings. The van der Waals surface area contributed by atoms with E-state index in [-0.39, 0.29) is 28.7 Å². The lowest BCUT2D eigenvalue weighted by molar-refractivity contribution is 0.102. The zero-order valence-corrected chi connectivity index (χ0v) is 24.1. The molecule has 1 aliphatic heterocycles. The lowest BCUT2D eigenvalue weighted by Gasteiger charge is -2.34. The van der Waals surface area contributed by atoms with Crippen LogP contribution in [0.4, 0.5) is 24.7 Å². The fourth-order valence-electron chi connectivity index (χ4n) is 5.12. The van der Waals surface area contributed by atoms with Gasteiger partial charge in [0, 0.05) is 49.5 Å². The number of fused-ring (bicyclic) bond motifs is 1. The van der Waals surface area contributed by atoms with Crippen molar-refractivity contribution >= 4 is 28.3 Å². The van der Waals surface area contributed by atoms with E-state index >= 15 is 4.39 Å². The zero-order valence-electron chi connectivity index (χ0n) is 24.1. The summed E-state index contributed by atoms with van der Waals surface area (Å²) in [5.74, 6) is -1.37. The van der Waals surface area contributed by atoms with Crippen molar-refractivity contribution in [3.8, 4) is 17.2 Å². The maximum atomic E-state index is 15.1. The molecule has 6 rings (SSSR count). The van der Waals surface area contributed by atoms with E-state index in [4.69, 9.17) is 4.74 Å². The molecular weight excluding hydrogens is 587 g/mol. The van der Waals surface area contributed by atoms with Gasteiger partial charge in [0.2, 0.25) is 0 Å². The highest BCUT2D eigenvalue weighted by Crippen LogP contribution is 2.32. The Kier molecular flexibility index (Phi) is 8.43. The molecular formula is C32H28F3N7O3. The predicted octanol–water partition coefficient (Wildman–Crippen LogP) is 5.34. The third-order valence-electron chi connectivity index (χ3n) is 7.56. The molecule has 0 aliphatic carbocycles. The Bertz CT molecular complexity index is 1920. The molecule has 2 N–H and O–H groups in total. The number of pyridine rings is 2.